The standard InChI is InChI=1S/C8H10FN/c9-8(10)6-7-4-2-1-3-5-7/h1-5,8H,6,10H2/t8-/m1/s1. The summed E-state index contributed by atoms with van der Waals surface area (Å²) >= 11 is 0. The van der Waals surface area contributed by atoms with E-state index in [4.69, 9.17) is 5.73 Å². The molecule has 54 valence electrons. The van der Waals surface area contributed by atoms with Crippen molar-refractivity contribution in [2.45, 2.75) is 12.7 Å². The third kappa shape index (κ3) is 2.15. The van der Waals surface area contributed by atoms with Gasteiger partial charge in [-0.25, -0.2) is 4.39 Å². The van der Waals surface area contributed by atoms with Gasteiger partial charge in [0.15, 0.2) is 6.30 Å². The van der Waals surface area contributed by atoms with Crippen molar-refractivity contribution in [1.82, 2.24) is 0 Å². The van der Waals surface area contributed by atoms with Crippen LogP contribution in [-0.2, 0) is 6.42 Å². The molecule has 0 radical (unpaired) electrons. The molecule has 0 aromatic heterocycles. The van der Waals surface area contributed by atoms with E-state index >= 15 is 0 Å². The zero-order valence-electron chi connectivity index (χ0n) is 5.63. The molecule has 0 saturated carbocycles. The van der Waals surface area contributed by atoms with E-state index in [1.807, 2.05) is 30.3 Å². The topological polar surface area (TPSA) is 26.0 Å². The molecular formula is C8H10FN. The zero-order valence-corrected chi connectivity index (χ0v) is 5.63. The largest absolute Gasteiger partial charge is 0.301 e. The number of benzene rings is 1. The van der Waals surface area contributed by atoms with Crippen LogP contribution in [0.2, 0.25) is 0 Å². The first kappa shape index (κ1) is 7.22. The molecule has 2 heteroatoms. The summed E-state index contributed by atoms with van der Waals surface area (Å²) in [7, 11) is 0. The molecule has 0 amide bonds. The Hall–Kier alpha value is -0.890. The highest BCUT2D eigenvalue weighted by Gasteiger charge is 1.97. The summed E-state index contributed by atoms with van der Waals surface area (Å²) < 4.78 is 12.2. The van der Waals surface area contributed by atoms with Crippen LogP contribution in [0.15, 0.2) is 30.3 Å². The van der Waals surface area contributed by atoms with E-state index in [9.17, 15) is 4.39 Å². The summed E-state index contributed by atoms with van der Waals surface area (Å²) in [6.45, 7) is 0. The van der Waals surface area contributed by atoms with Gasteiger partial charge >= 0.3 is 0 Å². The quantitative estimate of drug-likeness (QED) is 0.617. The Morgan fingerprint density at radius 2 is 1.90 bits per heavy atom. The maximum atomic E-state index is 12.2. The molecule has 1 aromatic rings. The first-order chi connectivity index (χ1) is 4.79. The van der Waals surface area contributed by atoms with Gasteiger partial charge in [-0.1, -0.05) is 30.3 Å². The molecule has 0 heterocycles. The molecule has 0 aliphatic heterocycles. The molecule has 1 atom stereocenters. The van der Waals surface area contributed by atoms with Gasteiger partial charge in [0, 0.05) is 6.42 Å². The number of nitrogens with two attached hydrogens (primary N) is 1. The molecule has 0 bridgehead atoms. The number of hydrogen-bond acceptors (Lipinski definition) is 1. The fraction of sp³-hybridized carbons (Fsp3) is 0.250. The monoisotopic (exact) mass is 139 g/mol. The van der Waals surface area contributed by atoms with Crippen molar-refractivity contribution in [1.29, 1.82) is 0 Å². The molecule has 10 heavy (non-hydrogen) atoms. The van der Waals surface area contributed by atoms with Crippen LogP contribution in [0.25, 0.3) is 0 Å². The van der Waals surface area contributed by atoms with E-state index in [0.29, 0.717) is 6.42 Å². The minimum Gasteiger partial charge on any atom is -0.301 e. The van der Waals surface area contributed by atoms with Crippen LogP contribution in [0.4, 0.5) is 4.39 Å². The van der Waals surface area contributed by atoms with Gasteiger partial charge < -0.3 is 5.73 Å². The second-order valence-corrected chi connectivity index (χ2v) is 2.21. The number of hydrogen-bond donors (Lipinski definition) is 1. The Morgan fingerprint density at radius 3 is 2.40 bits per heavy atom. The van der Waals surface area contributed by atoms with Crippen LogP contribution in [0.5, 0.6) is 0 Å². The number of halogens is 1. The van der Waals surface area contributed by atoms with Crippen LogP contribution in [0.1, 0.15) is 5.56 Å². The first-order valence-electron chi connectivity index (χ1n) is 3.22. The Bertz CT molecular complexity index is 184. The van der Waals surface area contributed by atoms with Crippen molar-refractivity contribution < 1.29 is 4.39 Å². The van der Waals surface area contributed by atoms with Crippen molar-refractivity contribution in [3.8, 4) is 0 Å². The average molecular weight is 139 g/mol. The number of rotatable bonds is 2. The van der Waals surface area contributed by atoms with Gasteiger partial charge in [0.1, 0.15) is 0 Å². The highest BCUT2D eigenvalue weighted by molar-refractivity contribution is 5.15. The van der Waals surface area contributed by atoms with Crippen molar-refractivity contribution in [3.63, 3.8) is 0 Å². The van der Waals surface area contributed by atoms with Gasteiger partial charge in [-0.2, -0.15) is 0 Å². The lowest BCUT2D eigenvalue weighted by Crippen LogP contribution is -2.15. The fourth-order valence-electron chi connectivity index (χ4n) is 0.839. The minimum atomic E-state index is -1.23. The molecule has 2 N–H and O–H groups in total. The lowest BCUT2D eigenvalue weighted by molar-refractivity contribution is 0.343. The van der Waals surface area contributed by atoms with Crippen LogP contribution in [0.3, 0.4) is 0 Å². The predicted molar refractivity (Wildman–Crippen MR) is 39.2 cm³/mol. The third-order valence-electron chi connectivity index (χ3n) is 1.27. The molecule has 0 aliphatic rings. The van der Waals surface area contributed by atoms with Gasteiger partial charge in [-0.15, -0.1) is 0 Å². The van der Waals surface area contributed by atoms with E-state index in [0.717, 1.165) is 5.56 Å². The third-order valence-corrected chi connectivity index (χ3v) is 1.27. The molecule has 1 nitrogen and oxygen atoms in total. The summed E-state index contributed by atoms with van der Waals surface area (Å²) in [4.78, 5) is 0. The molecule has 0 fully saturated rings. The van der Waals surface area contributed by atoms with Crippen LogP contribution >= 0.6 is 0 Å². The molecular weight excluding hydrogens is 129 g/mol. The van der Waals surface area contributed by atoms with E-state index < -0.39 is 6.30 Å². The van der Waals surface area contributed by atoms with E-state index in [1.54, 1.807) is 0 Å². The van der Waals surface area contributed by atoms with Crippen LogP contribution < -0.4 is 5.73 Å². The predicted octanol–water partition coefficient (Wildman–Crippen LogP) is 1.48. The van der Waals surface area contributed by atoms with E-state index in [-0.39, 0.29) is 0 Å². The normalized spacial score (nSPS) is 13.0. The van der Waals surface area contributed by atoms with Crippen LogP contribution in [-0.4, -0.2) is 6.30 Å². The van der Waals surface area contributed by atoms with Gasteiger partial charge in [0.25, 0.3) is 0 Å². The minimum absolute atomic E-state index is 0.306. The van der Waals surface area contributed by atoms with E-state index in [2.05, 4.69) is 0 Å². The van der Waals surface area contributed by atoms with Crippen molar-refractivity contribution >= 4 is 0 Å². The Morgan fingerprint density at radius 1 is 1.30 bits per heavy atom. The molecule has 1 aromatic carbocycles. The van der Waals surface area contributed by atoms with Crippen molar-refractivity contribution in [3.05, 3.63) is 35.9 Å². The summed E-state index contributed by atoms with van der Waals surface area (Å²) in [6.07, 6.45) is -0.928. The maximum Gasteiger partial charge on any atom is 0.152 e. The molecule has 0 unspecified atom stereocenters. The lowest BCUT2D eigenvalue weighted by Gasteiger charge is -1.99. The summed E-state index contributed by atoms with van der Waals surface area (Å²) in [5.41, 5.74) is 5.90. The second-order valence-electron chi connectivity index (χ2n) is 2.21. The highest BCUT2D eigenvalue weighted by atomic mass is 19.1. The average Bonchev–Trinajstić information content (AvgIpc) is 1.88. The zero-order chi connectivity index (χ0) is 7.40. The van der Waals surface area contributed by atoms with Crippen LogP contribution in [0, 0.1) is 0 Å². The highest BCUT2D eigenvalue weighted by Crippen LogP contribution is 2.01. The molecule has 0 saturated heterocycles. The summed E-state index contributed by atoms with van der Waals surface area (Å²) in [5, 5.41) is 0. The molecule has 1 rings (SSSR count). The first-order valence-corrected chi connectivity index (χ1v) is 3.22. The summed E-state index contributed by atoms with van der Waals surface area (Å²) in [6, 6.07) is 9.36. The Balaban J connectivity index is 2.59. The lowest BCUT2D eigenvalue weighted by atomic mass is 10.1. The maximum absolute atomic E-state index is 12.2. The van der Waals surface area contributed by atoms with Gasteiger partial charge in [0.05, 0.1) is 0 Å². The molecule has 0 aliphatic carbocycles. The van der Waals surface area contributed by atoms with E-state index in [1.165, 1.54) is 0 Å². The number of alkyl halides is 1. The fourth-order valence-corrected chi connectivity index (χ4v) is 0.839. The second kappa shape index (κ2) is 3.32. The smallest absolute Gasteiger partial charge is 0.152 e. The molecule has 0 spiro atoms. The SMILES string of the molecule is N[C@@H](F)Cc1ccccc1. The van der Waals surface area contributed by atoms with Gasteiger partial charge in [-0.05, 0) is 5.56 Å². The Labute approximate surface area is 59.7 Å². The van der Waals surface area contributed by atoms with Crippen molar-refractivity contribution in [2.75, 3.05) is 0 Å². The Kier molecular flexibility index (Phi) is 2.40. The van der Waals surface area contributed by atoms with Gasteiger partial charge in [0.2, 0.25) is 0 Å². The summed E-state index contributed by atoms with van der Waals surface area (Å²) in [5.74, 6) is 0. The van der Waals surface area contributed by atoms with Gasteiger partial charge in [-0.3, -0.25) is 0 Å². The van der Waals surface area contributed by atoms with Crippen molar-refractivity contribution in [2.24, 2.45) is 5.73 Å².